The molecule has 108 valence electrons. The monoisotopic (exact) mass is 258 g/mol. The summed E-state index contributed by atoms with van der Waals surface area (Å²) in [6, 6.07) is 0.215. The molecule has 0 aliphatic heterocycles. The second-order valence-corrected chi connectivity index (χ2v) is 5.19. The summed E-state index contributed by atoms with van der Waals surface area (Å²) in [4.78, 5) is 18.3. The van der Waals surface area contributed by atoms with Crippen molar-refractivity contribution in [2.24, 2.45) is 11.8 Å². The third-order valence-electron chi connectivity index (χ3n) is 3.58. The SMILES string of the molecule is CCCCCCCC(C(=O)ON)C(CC)N(C)C. The third-order valence-corrected chi connectivity index (χ3v) is 3.58. The Morgan fingerprint density at radius 3 is 2.22 bits per heavy atom. The summed E-state index contributed by atoms with van der Waals surface area (Å²) in [5, 5.41) is 0. The van der Waals surface area contributed by atoms with Crippen LogP contribution in [0.1, 0.15) is 58.8 Å². The molecule has 4 heteroatoms. The van der Waals surface area contributed by atoms with E-state index >= 15 is 0 Å². The quantitative estimate of drug-likeness (QED) is 0.483. The third kappa shape index (κ3) is 6.36. The highest BCUT2D eigenvalue weighted by atomic mass is 16.7. The number of nitrogens with two attached hydrogens (primary N) is 1. The maximum atomic E-state index is 11.8. The average Bonchev–Trinajstić information content (AvgIpc) is 2.35. The average molecular weight is 258 g/mol. The predicted octanol–water partition coefficient (Wildman–Crippen LogP) is 2.72. The molecule has 0 saturated carbocycles. The molecule has 0 aromatic carbocycles. The van der Waals surface area contributed by atoms with Crippen LogP contribution in [0.5, 0.6) is 0 Å². The zero-order valence-electron chi connectivity index (χ0n) is 12.4. The van der Waals surface area contributed by atoms with Crippen molar-refractivity contribution in [3.8, 4) is 0 Å². The van der Waals surface area contributed by atoms with Crippen molar-refractivity contribution in [2.75, 3.05) is 14.1 Å². The van der Waals surface area contributed by atoms with Gasteiger partial charge < -0.3 is 9.74 Å². The minimum Gasteiger partial charge on any atom is -0.373 e. The number of unbranched alkanes of at least 4 members (excludes halogenated alkanes) is 4. The van der Waals surface area contributed by atoms with Gasteiger partial charge in [-0.1, -0.05) is 46.0 Å². The minimum absolute atomic E-state index is 0.100. The Labute approximate surface area is 112 Å². The summed E-state index contributed by atoms with van der Waals surface area (Å²) < 4.78 is 0. The summed E-state index contributed by atoms with van der Waals surface area (Å²) in [6.07, 6.45) is 7.83. The molecule has 0 aliphatic carbocycles. The fourth-order valence-corrected chi connectivity index (χ4v) is 2.53. The van der Waals surface area contributed by atoms with Crippen molar-refractivity contribution in [2.45, 2.75) is 64.8 Å². The summed E-state index contributed by atoms with van der Waals surface area (Å²) in [5.74, 6) is 4.68. The van der Waals surface area contributed by atoms with Crippen molar-refractivity contribution in [1.29, 1.82) is 0 Å². The molecule has 4 nitrogen and oxygen atoms in total. The molecule has 0 aromatic heterocycles. The fourth-order valence-electron chi connectivity index (χ4n) is 2.53. The molecule has 0 aromatic rings. The number of hydrogen-bond donors (Lipinski definition) is 1. The molecule has 0 spiro atoms. The molecular weight excluding hydrogens is 228 g/mol. The Morgan fingerprint density at radius 2 is 1.78 bits per heavy atom. The highest BCUT2D eigenvalue weighted by molar-refractivity contribution is 5.72. The van der Waals surface area contributed by atoms with Crippen LogP contribution in [0.3, 0.4) is 0 Å². The van der Waals surface area contributed by atoms with Gasteiger partial charge in [0.2, 0.25) is 0 Å². The summed E-state index contributed by atoms with van der Waals surface area (Å²) in [7, 11) is 4.00. The number of hydrogen-bond acceptors (Lipinski definition) is 4. The van der Waals surface area contributed by atoms with Gasteiger partial charge in [-0.05, 0) is 26.9 Å². The topological polar surface area (TPSA) is 55.6 Å². The van der Waals surface area contributed by atoms with Gasteiger partial charge in [-0.15, -0.1) is 0 Å². The predicted molar refractivity (Wildman–Crippen MR) is 74.9 cm³/mol. The molecule has 0 bridgehead atoms. The van der Waals surface area contributed by atoms with E-state index in [1.807, 2.05) is 14.1 Å². The maximum absolute atomic E-state index is 11.8. The number of carbonyl (C=O) groups excluding carboxylic acids is 1. The molecule has 0 aliphatic rings. The summed E-state index contributed by atoms with van der Waals surface area (Å²) in [5.41, 5.74) is 0. The summed E-state index contributed by atoms with van der Waals surface area (Å²) >= 11 is 0. The zero-order valence-corrected chi connectivity index (χ0v) is 12.4. The molecule has 2 unspecified atom stereocenters. The van der Waals surface area contributed by atoms with E-state index in [0.29, 0.717) is 0 Å². The van der Waals surface area contributed by atoms with Crippen molar-refractivity contribution < 1.29 is 9.63 Å². The van der Waals surface area contributed by atoms with E-state index in [0.717, 1.165) is 19.3 Å². The van der Waals surface area contributed by atoms with Gasteiger partial charge in [0.15, 0.2) is 0 Å². The van der Waals surface area contributed by atoms with E-state index in [2.05, 4.69) is 23.6 Å². The van der Waals surface area contributed by atoms with Gasteiger partial charge in [-0.2, -0.15) is 5.90 Å². The van der Waals surface area contributed by atoms with Crippen LogP contribution in [-0.2, 0) is 9.63 Å². The zero-order chi connectivity index (χ0) is 14.0. The van der Waals surface area contributed by atoms with Crippen LogP contribution in [-0.4, -0.2) is 31.0 Å². The molecule has 0 radical (unpaired) electrons. The van der Waals surface area contributed by atoms with Crippen LogP contribution in [0, 0.1) is 5.92 Å². The first-order valence-corrected chi connectivity index (χ1v) is 7.15. The molecular formula is C14H30N2O2. The lowest BCUT2D eigenvalue weighted by Crippen LogP contribution is -2.40. The Hall–Kier alpha value is -0.610. The van der Waals surface area contributed by atoms with Gasteiger partial charge in [0.1, 0.15) is 0 Å². The van der Waals surface area contributed by atoms with Crippen molar-refractivity contribution in [1.82, 2.24) is 4.90 Å². The van der Waals surface area contributed by atoms with E-state index in [-0.39, 0.29) is 17.9 Å². The lowest BCUT2D eigenvalue weighted by molar-refractivity contribution is -0.151. The first-order valence-electron chi connectivity index (χ1n) is 7.15. The maximum Gasteiger partial charge on any atom is 0.329 e. The Balaban J connectivity index is 4.27. The molecule has 2 N–H and O–H groups in total. The van der Waals surface area contributed by atoms with Gasteiger partial charge >= 0.3 is 5.97 Å². The van der Waals surface area contributed by atoms with E-state index in [4.69, 9.17) is 5.90 Å². The van der Waals surface area contributed by atoms with E-state index in [9.17, 15) is 4.79 Å². The second kappa shape index (κ2) is 10.3. The Kier molecular flexibility index (Phi) is 9.98. The lowest BCUT2D eigenvalue weighted by atomic mass is 9.91. The molecule has 0 rings (SSSR count). The molecule has 0 fully saturated rings. The summed E-state index contributed by atoms with van der Waals surface area (Å²) in [6.45, 7) is 4.30. The Morgan fingerprint density at radius 1 is 1.17 bits per heavy atom. The molecule has 0 amide bonds. The smallest absolute Gasteiger partial charge is 0.329 e. The van der Waals surface area contributed by atoms with E-state index < -0.39 is 0 Å². The van der Waals surface area contributed by atoms with Gasteiger partial charge in [0.05, 0.1) is 5.92 Å². The Bertz CT molecular complexity index is 220. The fraction of sp³-hybridized carbons (Fsp3) is 0.929. The molecule has 0 saturated heterocycles. The van der Waals surface area contributed by atoms with Gasteiger partial charge in [-0.25, -0.2) is 0 Å². The van der Waals surface area contributed by atoms with Crippen LogP contribution in [0.4, 0.5) is 0 Å². The highest BCUT2D eigenvalue weighted by Gasteiger charge is 2.29. The second-order valence-electron chi connectivity index (χ2n) is 5.19. The van der Waals surface area contributed by atoms with Crippen LogP contribution >= 0.6 is 0 Å². The van der Waals surface area contributed by atoms with Gasteiger partial charge in [0.25, 0.3) is 0 Å². The number of nitrogens with zero attached hydrogens (tertiary/aromatic N) is 1. The van der Waals surface area contributed by atoms with Crippen molar-refractivity contribution >= 4 is 5.97 Å². The van der Waals surface area contributed by atoms with Crippen LogP contribution in [0.2, 0.25) is 0 Å². The number of carbonyl (C=O) groups is 1. The largest absolute Gasteiger partial charge is 0.373 e. The van der Waals surface area contributed by atoms with E-state index in [1.165, 1.54) is 25.7 Å². The van der Waals surface area contributed by atoms with Crippen LogP contribution < -0.4 is 5.90 Å². The van der Waals surface area contributed by atoms with E-state index in [1.54, 1.807) is 0 Å². The normalized spacial score (nSPS) is 14.6. The molecule has 0 heterocycles. The highest BCUT2D eigenvalue weighted by Crippen LogP contribution is 2.21. The first kappa shape index (κ1) is 17.4. The number of rotatable bonds is 10. The van der Waals surface area contributed by atoms with Gasteiger partial charge in [0, 0.05) is 6.04 Å². The van der Waals surface area contributed by atoms with Crippen LogP contribution in [0.15, 0.2) is 0 Å². The molecule has 2 atom stereocenters. The van der Waals surface area contributed by atoms with Gasteiger partial charge in [-0.3, -0.25) is 4.79 Å². The lowest BCUT2D eigenvalue weighted by Gasteiger charge is -2.29. The minimum atomic E-state index is -0.272. The molecule has 18 heavy (non-hydrogen) atoms. The first-order chi connectivity index (χ1) is 8.58. The van der Waals surface area contributed by atoms with Crippen LogP contribution in [0.25, 0.3) is 0 Å². The standard InChI is InChI=1S/C14H30N2O2/c1-5-7-8-9-10-11-12(14(17)18-15)13(6-2)16(3)4/h12-13H,5-11,15H2,1-4H3. The van der Waals surface area contributed by atoms with Crippen molar-refractivity contribution in [3.63, 3.8) is 0 Å². The van der Waals surface area contributed by atoms with Crippen molar-refractivity contribution in [3.05, 3.63) is 0 Å².